The van der Waals surface area contributed by atoms with E-state index in [9.17, 15) is 12.8 Å². The van der Waals surface area contributed by atoms with Gasteiger partial charge >= 0.3 is 51.4 Å². The predicted molar refractivity (Wildman–Crippen MR) is 140 cm³/mol. The molecule has 0 spiro atoms. The van der Waals surface area contributed by atoms with Crippen LogP contribution in [0.25, 0.3) is 0 Å². The molecular formula is C26H54FKO3S. The third kappa shape index (κ3) is 24.6. The van der Waals surface area contributed by atoms with E-state index in [2.05, 4.69) is 13.8 Å². The molecule has 0 aliphatic rings. The Morgan fingerprint density at radius 1 is 0.562 bits per heavy atom. The molecule has 0 aliphatic carbocycles. The van der Waals surface area contributed by atoms with Crippen molar-refractivity contribution in [1.29, 1.82) is 0 Å². The molecule has 6 heteroatoms. The van der Waals surface area contributed by atoms with Crippen molar-refractivity contribution in [3.05, 3.63) is 0 Å². The SMILES string of the molecule is CCCCCCCCCCCCCCCCOS(=O)(=O)C(F)CCCCCCCCC.[KH]. The molecule has 190 valence electrons. The molecule has 0 aromatic rings. The van der Waals surface area contributed by atoms with Gasteiger partial charge in [0.1, 0.15) is 0 Å². The van der Waals surface area contributed by atoms with Crippen molar-refractivity contribution in [2.24, 2.45) is 0 Å². The Kier molecular flexibility index (Phi) is 30.1. The van der Waals surface area contributed by atoms with Crippen LogP contribution in [0.15, 0.2) is 0 Å². The summed E-state index contributed by atoms with van der Waals surface area (Å²) in [6, 6.07) is 0. The Hall–Kier alpha value is 1.48. The van der Waals surface area contributed by atoms with E-state index in [-0.39, 0.29) is 64.4 Å². The standard InChI is InChI=1S/C26H53FO3S.K.H/c1-3-5-7-9-11-12-13-14-15-16-17-19-21-23-25-30-31(28,29)26(27)24-22-20-18-10-8-6-4-2;;/h26H,3-25H2,1-2H3;;. The number of rotatable bonds is 25. The van der Waals surface area contributed by atoms with Crippen LogP contribution in [0.4, 0.5) is 4.39 Å². The Morgan fingerprint density at radius 2 is 0.875 bits per heavy atom. The average molecular weight is 505 g/mol. The van der Waals surface area contributed by atoms with Gasteiger partial charge in [0.15, 0.2) is 0 Å². The molecule has 0 fully saturated rings. The van der Waals surface area contributed by atoms with Crippen molar-refractivity contribution >= 4 is 61.5 Å². The van der Waals surface area contributed by atoms with E-state index in [1.807, 2.05) is 0 Å². The Labute approximate surface area is 243 Å². The molecule has 0 heterocycles. The molecule has 0 aliphatic heterocycles. The van der Waals surface area contributed by atoms with E-state index in [1.54, 1.807) is 0 Å². The van der Waals surface area contributed by atoms with Crippen LogP contribution < -0.4 is 0 Å². The summed E-state index contributed by atoms with van der Waals surface area (Å²) < 4.78 is 42.6. The summed E-state index contributed by atoms with van der Waals surface area (Å²) in [4.78, 5) is 0. The quantitative estimate of drug-likeness (QED) is 0.0710. The third-order valence-electron chi connectivity index (χ3n) is 6.09. The van der Waals surface area contributed by atoms with Crippen LogP contribution in [0.3, 0.4) is 0 Å². The Balaban J connectivity index is 0. The molecule has 1 unspecified atom stereocenters. The number of hydrogen-bond acceptors (Lipinski definition) is 3. The summed E-state index contributed by atoms with van der Waals surface area (Å²) in [6.45, 7) is 4.56. The van der Waals surface area contributed by atoms with E-state index in [0.29, 0.717) is 12.8 Å². The molecule has 0 saturated carbocycles. The number of halogens is 1. The van der Waals surface area contributed by atoms with Crippen LogP contribution in [-0.4, -0.2) is 71.9 Å². The second-order valence-electron chi connectivity index (χ2n) is 9.23. The van der Waals surface area contributed by atoms with Crippen molar-refractivity contribution in [1.82, 2.24) is 0 Å². The minimum atomic E-state index is -4.05. The van der Waals surface area contributed by atoms with Gasteiger partial charge in [-0.3, -0.25) is 4.18 Å². The summed E-state index contributed by atoms with van der Waals surface area (Å²) in [5.41, 5.74) is -1.87. The second-order valence-corrected chi connectivity index (χ2v) is 11.0. The van der Waals surface area contributed by atoms with Crippen LogP contribution in [0, 0.1) is 0 Å². The molecular weight excluding hydrogens is 450 g/mol. The second kappa shape index (κ2) is 27.1. The van der Waals surface area contributed by atoms with Crippen molar-refractivity contribution in [2.75, 3.05) is 6.61 Å². The first kappa shape index (κ1) is 35.6. The van der Waals surface area contributed by atoms with Crippen LogP contribution in [0.2, 0.25) is 0 Å². The van der Waals surface area contributed by atoms with Gasteiger partial charge in [0, 0.05) is 0 Å². The van der Waals surface area contributed by atoms with Gasteiger partial charge in [-0.1, -0.05) is 136 Å². The molecule has 0 bridgehead atoms. The summed E-state index contributed by atoms with van der Waals surface area (Å²) in [6.07, 6.45) is 25.0. The van der Waals surface area contributed by atoms with E-state index in [0.717, 1.165) is 32.1 Å². The molecule has 0 aromatic carbocycles. The van der Waals surface area contributed by atoms with Gasteiger partial charge in [-0.05, 0) is 19.3 Å². The topological polar surface area (TPSA) is 43.4 Å². The first-order chi connectivity index (χ1) is 15.0. The first-order valence-electron chi connectivity index (χ1n) is 13.6. The van der Waals surface area contributed by atoms with Crippen molar-refractivity contribution in [3.8, 4) is 0 Å². The maximum atomic E-state index is 14.0. The number of alkyl halides is 1. The summed E-state index contributed by atoms with van der Waals surface area (Å²) >= 11 is 0. The average Bonchev–Trinajstić information content (AvgIpc) is 2.75. The summed E-state index contributed by atoms with van der Waals surface area (Å²) in [5.74, 6) is 0. The van der Waals surface area contributed by atoms with Gasteiger partial charge in [-0.15, -0.1) is 0 Å². The minimum absolute atomic E-state index is 0. The van der Waals surface area contributed by atoms with Gasteiger partial charge < -0.3 is 0 Å². The molecule has 32 heavy (non-hydrogen) atoms. The van der Waals surface area contributed by atoms with E-state index in [1.165, 1.54) is 89.9 Å². The molecule has 1 atom stereocenters. The third-order valence-corrected chi connectivity index (χ3v) is 7.45. The van der Waals surface area contributed by atoms with Gasteiger partial charge in [-0.25, -0.2) is 4.39 Å². The normalized spacial score (nSPS) is 12.6. The number of unbranched alkanes of at least 4 members (excludes halogenated alkanes) is 19. The zero-order chi connectivity index (χ0) is 23.0. The summed E-state index contributed by atoms with van der Waals surface area (Å²) in [5, 5.41) is 0. The maximum absolute atomic E-state index is 14.0. The number of hydrogen-bond donors (Lipinski definition) is 0. The van der Waals surface area contributed by atoms with Crippen molar-refractivity contribution < 1.29 is 17.0 Å². The van der Waals surface area contributed by atoms with Crippen LogP contribution >= 0.6 is 0 Å². The van der Waals surface area contributed by atoms with Gasteiger partial charge in [0.2, 0.25) is 5.50 Å². The fourth-order valence-corrected chi connectivity index (χ4v) is 4.90. The van der Waals surface area contributed by atoms with Crippen LogP contribution in [-0.2, 0) is 14.3 Å². The molecule has 0 aromatic heterocycles. The molecule has 0 N–H and O–H groups in total. The van der Waals surface area contributed by atoms with Crippen molar-refractivity contribution in [2.45, 2.75) is 161 Å². The Morgan fingerprint density at radius 3 is 1.25 bits per heavy atom. The van der Waals surface area contributed by atoms with Gasteiger partial charge in [0.05, 0.1) is 6.61 Å². The van der Waals surface area contributed by atoms with Gasteiger partial charge in [-0.2, -0.15) is 8.42 Å². The van der Waals surface area contributed by atoms with Gasteiger partial charge in [0.25, 0.3) is 10.1 Å². The van der Waals surface area contributed by atoms with E-state index >= 15 is 0 Å². The van der Waals surface area contributed by atoms with E-state index in [4.69, 9.17) is 4.18 Å². The fourth-order valence-electron chi connectivity index (χ4n) is 3.95. The van der Waals surface area contributed by atoms with Crippen LogP contribution in [0.5, 0.6) is 0 Å². The zero-order valence-electron chi connectivity index (χ0n) is 20.9. The molecule has 0 saturated heterocycles. The van der Waals surface area contributed by atoms with Crippen LogP contribution in [0.1, 0.15) is 155 Å². The molecule has 3 nitrogen and oxygen atoms in total. The molecule has 0 rings (SSSR count). The summed E-state index contributed by atoms with van der Waals surface area (Å²) in [7, 11) is -4.05. The predicted octanol–water partition coefficient (Wildman–Crippen LogP) is 8.60. The fraction of sp³-hybridized carbons (Fsp3) is 1.00. The monoisotopic (exact) mass is 504 g/mol. The zero-order valence-corrected chi connectivity index (χ0v) is 21.7. The first-order valence-corrected chi connectivity index (χ1v) is 15.0. The Bertz CT molecular complexity index is 460. The molecule has 0 amide bonds. The van der Waals surface area contributed by atoms with Crippen molar-refractivity contribution in [3.63, 3.8) is 0 Å². The van der Waals surface area contributed by atoms with E-state index < -0.39 is 15.6 Å². The molecule has 0 radical (unpaired) electrons.